The van der Waals surface area contributed by atoms with Gasteiger partial charge in [0.1, 0.15) is 0 Å². The largest absolute Gasteiger partial charge is 0.362 e. The maximum Gasteiger partial charge on any atom is 0.0927 e. The van der Waals surface area contributed by atoms with Gasteiger partial charge in [-0.2, -0.15) is 0 Å². The molecule has 0 amide bonds. The molecule has 0 aromatic rings. The first-order valence-electron chi connectivity index (χ1n) is 6.49. The maximum absolute atomic E-state index is 2.28. The van der Waals surface area contributed by atoms with E-state index in [0.29, 0.717) is 0 Å². The van der Waals surface area contributed by atoms with Crippen LogP contribution in [0.5, 0.6) is 0 Å². The van der Waals surface area contributed by atoms with Crippen LogP contribution < -0.4 is 0 Å². The van der Waals surface area contributed by atoms with Crippen molar-refractivity contribution in [2.24, 2.45) is 0 Å². The summed E-state index contributed by atoms with van der Waals surface area (Å²) < 4.78 is 0. The molecule has 4 nitrogen and oxygen atoms in total. The van der Waals surface area contributed by atoms with E-state index in [1.807, 2.05) is 27.7 Å². The van der Waals surface area contributed by atoms with E-state index in [2.05, 4.69) is 58.5 Å². The molecule has 0 atom stereocenters. The van der Waals surface area contributed by atoms with Gasteiger partial charge in [-0.25, -0.2) is 0 Å². The van der Waals surface area contributed by atoms with Crippen molar-refractivity contribution in [3.63, 3.8) is 0 Å². The molecule has 0 saturated carbocycles. The van der Waals surface area contributed by atoms with E-state index >= 15 is 0 Å². The van der Waals surface area contributed by atoms with Gasteiger partial charge in [0.15, 0.2) is 0 Å². The minimum atomic E-state index is 0.974. The second kappa shape index (κ2) is 8.79. The van der Waals surface area contributed by atoms with Crippen molar-refractivity contribution in [3.05, 3.63) is 24.8 Å². The fourth-order valence-electron chi connectivity index (χ4n) is 1.59. The van der Waals surface area contributed by atoms with E-state index < -0.39 is 0 Å². The van der Waals surface area contributed by atoms with E-state index in [1.165, 1.54) is 0 Å². The SMILES string of the molecule is CC.CC.CN1C=CN(CN2C=CN(C)C2)C1. The fraction of sp³-hybridized carbons (Fsp3) is 0.692. The smallest absolute Gasteiger partial charge is 0.0927 e. The van der Waals surface area contributed by atoms with E-state index in [4.69, 9.17) is 0 Å². The lowest BCUT2D eigenvalue weighted by atomic mass is 10.7. The van der Waals surface area contributed by atoms with Crippen LogP contribution in [0.15, 0.2) is 24.8 Å². The molecule has 2 heterocycles. The zero-order chi connectivity index (χ0) is 13.3. The number of rotatable bonds is 2. The molecule has 2 aliphatic rings. The first-order valence-corrected chi connectivity index (χ1v) is 6.49. The van der Waals surface area contributed by atoms with Crippen molar-refractivity contribution >= 4 is 0 Å². The summed E-state index contributed by atoms with van der Waals surface area (Å²) >= 11 is 0. The Morgan fingerprint density at radius 3 is 1.29 bits per heavy atom. The van der Waals surface area contributed by atoms with Gasteiger partial charge < -0.3 is 19.6 Å². The number of hydrogen-bond acceptors (Lipinski definition) is 4. The summed E-state index contributed by atoms with van der Waals surface area (Å²) in [5.41, 5.74) is 0. The lowest BCUT2D eigenvalue weighted by Crippen LogP contribution is -2.34. The zero-order valence-electron chi connectivity index (χ0n) is 12.2. The predicted molar refractivity (Wildman–Crippen MR) is 74.8 cm³/mol. The van der Waals surface area contributed by atoms with Gasteiger partial charge in [0.2, 0.25) is 0 Å². The normalized spacial score (nSPS) is 16.8. The summed E-state index contributed by atoms with van der Waals surface area (Å²) in [6.07, 6.45) is 8.46. The molecule has 0 aromatic carbocycles. The van der Waals surface area contributed by atoms with Crippen molar-refractivity contribution in [3.8, 4) is 0 Å². The van der Waals surface area contributed by atoms with Crippen LogP contribution in [0.1, 0.15) is 27.7 Å². The van der Waals surface area contributed by atoms with E-state index in [0.717, 1.165) is 20.0 Å². The van der Waals surface area contributed by atoms with Gasteiger partial charge in [0, 0.05) is 38.9 Å². The second-order valence-corrected chi connectivity index (χ2v) is 3.71. The Morgan fingerprint density at radius 2 is 1.06 bits per heavy atom. The average Bonchev–Trinajstić information content (AvgIpc) is 2.94. The molecule has 0 bridgehead atoms. The van der Waals surface area contributed by atoms with Gasteiger partial charge in [-0.05, 0) is 0 Å². The molecule has 4 heteroatoms. The lowest BCUT2D eigenvalue weighted by Gasteiger charge is -2.25. The molecule has 0 saturated heterocycles. The Bertz CT molecular complexity index is 214. The highest BCUT2D eigenvalue weighted by Crippen LogP contribution is 2.08. The molecule has 0 radical (unpaired) electrons. The van der Waals surface area contributed by atoms with Crippen molar-refractivity contribution in [1.29, 1.82) is 0 Å². The molecule has 2 aliphatic heterocycles. The van der Waals surface area contributed by atoms with Gasteiger partial charge in [0.05, 0.1) is 20.0 Å². The van der Waals surface area contributed by atoms with Crippen LogP contribution in [-0.4, -0.2) is 53.7 Å². The highest BCUT2D eigenvalue weighted by Gasteiger charge is 2.13. The topological polar surface area (TPSA) is 13.0 Å². The minimum absolute atomic E-state index is 0.974. The molecule has 17 heavy (non-hydrogen) atoms. The van der Waals surface area contributed by atoms with E-state index in [1.54, 1.807) is 0 Å². The van der Waals surface area contributed by atoms with Crippen molar-refractivity contribution < 1.29 is 0 Å². The van der Waals surface area contributed by atoms with Crippen LogP contribution in [0.4, 0.5) is 0 Å². The molecular formula is C13H28N4. The summed E-state index contributed by atoms with van der Waals surface area (Å²) in [6, 6.07) is 0. The third kappa shape index (κ3) is 5.52. The molecule has 0 N–H and O–H groups in total. The third-order valence-electron chi connectivity index (χ3n) is 2.24. The first-order chi connectivity index (χ1) is 8.24. The first kappa shape index (κ1) is 15.7. The molecule has 0 aromatic heterocycles. The quantitative estimate of drug-likeness (QED) is 0.734. The van der Waals surface area contributed by atoms with Crippen molar-refractivity contribution in [1.82, 2.24) is 19.6 Å². The Balaban J connectivity index is 0.000000581. The standard InChI is InChI=1S/C9H16N4.2C2H6/c1-10-3-5-12(7-10)9-13-6-4-11(2)8-13;2*1-2/h3-6H,7-9H2,1-2H3;2*1-2H3. The van der Waals surface area contributed by atoms with Crippen LogP contribution in [0.3, 0.4) is 0 Å². The van der Waals surface area contributed by atoms with Gasteiger partial charge >= 0.3 is 0 Å². The maximum atomic E-state index is 2.28. The van der Waals surface area contributed by atoms with E-state index in [-0.39, 0.29) is 0 Å². The van der Waals surface area contributed by atoms with Crippen LogP contribution in [0.25, 0.3) is 0 Å². The van der Waals surface area contributed by atoms with Crippen LogP contribution >= 0.6 is 0 Å². The fourth-order valence-corrected chi connectivity index (χ4v) is 1.59. The summed E-state index contributed by atoms with van der Waals surface area (Å²) in [5.74, 6) is 0. The summed E-state index contributed by atoms with van der Waals surface area (Å²) in [7, 11) is 4.17. The average molecular weight is 240 g/mol. The number of hydrogen-bond donors (Lipinski definition) is 0. The van der Waals surface area contributed by atoms with Crippen molar-refractivity contribution in [2.45, 2.75) is 27.7 Å². The van der Waals surface area contributed by atoms with Gasteiger partial charge in [-0.1, -0.05) is 27.7 Å². The van der Waals surface area contributed by atoms with Gasteiger partial charge in [-0.3, -0.25) is 0 Å². The van der Waals surface area contributed by atoms with Crippen LogP contribution in [0, 0.1) is 0 Å². The third-order valence-corrected chi connectivity index (χ3v) is 2.24. The van der Waals surface area contributed by atoms with E-state index in [9.17, 15) is 0 Å². The molecule has 0 fully saturated rings. The second-order valence-electron chi connectivity index (χ2n) is 3.71. The Kier molecular flexibility index (Phi) is 8.11. The predicted octanol–water partition coefficient (Wildman–Crippen LogP) is 2.35. The Hall–Kier alpha value is -1.32. The molecule has 0 spiro atoms. The molecule has 2 rings (SSSR count). The zero-order valence-corrected chi connectivity index (χ0v) is 12.2. The van der Waals surface area contributed by atoms with Crippen LogP contribution in [-0.2, 0) is 0 Å². The highest BCUT2D eigenvalue weighted by atomic mass is 15.4. The van der Waals surface area contributed by atoms with Gasteiger partial charge in [0.25, 0.3) is 0 Å². The Labute approximate surface area is 107 Å². The summed E-state index contributed by atoms with van der Waals surface area (Å²) in [5, 5.41) is 0. The molecular weight excluding hydrogens is 212 g/mol. The van der Waals surface area contributed by atoms with Crippen molar-refractivity contribution in [2.75, 3.05) is 34.1 Å². The van der Waals surface area contributed by atoms with Crippen LogP contribution in [0.2, 0.25) is 0 Å². The Morgan fingerprint density at radius 1 is 0.706 bits per heavy atom. The number of nitrogens with zero attached hydrogens (tertiary/aromatic N) is 4. The molecule has 0 unspecified atom stereocenters. The highest BCUT2D eigenvalue weighted by molar-refractivity contribution is 4.93. The lowest BCUT2D eigenvalue weighted by molar-refractivity contribution is 0.179. The minimum Gasteiger partial charge on any atom is -0.362 e. The summed E-state index contributed by atoms with van der Waals surface area (Å²) in [4.78, 5) is 8.90. The molecule has 100 valence electrons. The molecule has 0 aliphatic carbocycles. The van der Waals surface area contributed by atoms with Gasteiger partial charge in [-0.15, -0.1) is 0 Å². The summed E-state index contributed by atoms with van der Waals surface area (Å²) in [6.45, 7) is 11.0. The monoisotopic (exact) mass is 240 g/mol.